The molecule has 0 aromatic heterocycles. The highest BCUT2D eigenvalue weighted by atomic mass is 16.6. The number of rotatable bonds is 21. The lowest BCUT2D eigenvalue weighted by Gasteiger charge is -2.42. The summed E-state index contributed by atoms with van der Waals surface area (Å²) in [6, 6.07) is 24.2. The van der Waals surface area contributed by atoms with Gasteiger partial charge in [0.25, 0.3) is 5.69 Å². The van der Waals surface area contributed by atoms with Gasteiger partial charge in [-0.25, -0.2) is 4.79 Å². The number of carbonyl (C=O) groups excluding carboxylic acids is 5. The van der Waals surface area contributed by atoms with Gasteiger partial charge in [-0.05, 0) is 107 Å². The summed E-state index contributed by atoms with van der Waals surface area (Å²) in [5, 5.41) is 29.6. The summed E-state index contributed by atoms with van der Waals surface area (Å²) in [4.78, 5) is 81.7. The van der Waals surface area contributed by atoms with Gasteiger partial charge in [0.05, 0.1) is 11.3 Å². The molecule has 0 fully saturated rings. The Labute approximate surface area is 363 Å². The molecule has 0 saturated heterocycles. The molecule has 5 aromatic rings. The monoisotopic (exact) mass is 847 g/mol. The van der Waals surface area contributed by atoms with Crippen LogP contribution in [0.4, 0.5) is 5.69 Å². The summed E-state index contributed by atoms with van der Waals surface area (Å²) in [5.41, 5.74) is -4.40. The van der Waals surface area contributed by atoms with Gasteiger partial charge in [0, 0.05) is 12.1 Å². The van der Waals surface area contributed by atoms with Crippen molar-refractivity contribution in [2.75, 3.05) is 0 Å². The number of ether oxygens (including phenoxy) is 1. The Morgan fingerprint density at radius 2 is 0.952 bits per heavy atom. The number of hydrogen-bond acceptors (Lipinski definition) is 8. The highest BCUT2D eigenvalue weighted by molar-refractivity contribution is 6.23. The number of hydrogen-bond donors (Lipinski definition) is 4. The van der Waals surface area contributed by atoms with Gasteiger partial charge >= 0.3 is 5.97 Å². The molecular weight excluding hydrogens is 787 g/mol. The standard InChI is InChI=1S/C49H61N5O8/c1-9-46(10-2,50-39(55)30-36-25-24-35-23-22-33-18-17-19-34-26-29-38(36)41(35)40(33)34)42(56)51-47(11-3,12-4)43(57)52-48(13-5,14-6)44(58)53-49(15-7,16-8)45(59)62-31-32-20-27-37(28-21-32)54(60)61/h17-29H,9-16,30-31H2,1-8H3,(H,50,55)(H,51,56)(H,52,57)(H,53,58). The van der Waals surface area contributed by atoms with E-state index in [1.54, 1.807) is 41.5 Å². The van der Waals surface area contributed by atoms with Crippen molar-refractivity contribution >= 4 is 67.6 Å². The average molecular weight is 848 g/mol. The number of nitro groups is 1. The first kappa shape index (κ1) is 46.9. The molecule has 4 N–H and O–H groups in total. The van der Waals surface area contributed by atoms with E-state index in [-0.39, 0.29) is 76.0 Å². The quantitative estimate of drug-likeness (QED) is 0.0245. The van der Waals surface area contributed by atoms with Crippen LogP contribution in [0.1, 0.15) is 118 Å². The first-order valence-corrected chi connectivity index (χ1v) is 21.9. The van der Waals surface area contributed by atoms with Gasteiger partial charge in [-0.1, -0.05) is 110 Å². The largest absolute Gasteiger partial charge is 0.459 e. The van der Waals surface area contributed by atoms with Crippen LogP contribution in [0.2, 0.25) is 0 Å². The van der Waals surface area contributed by atoms with Crippen LogP contribution in [0.3, 0.4) is 0 Å². The SMILES string of the molecule is CCC(CC)(NC(=O)Cc1ccc2ccc3cccc4ccc1c2c34)C(=O)NC(CC)(CC)C(=O)NC(CC)(CC)C(=O)NC(CC)(CC)C(=O)OCc1ccc([N+](=O)[O-])cc1. The van der Waals surface area contributed by atoms with Crippen LogP contribution in [-0.4, -0.2) is 56.7 Å². The third-order valence-electron chi connectivity index (χ3n) is 13.4. The molecule has 0 aliphatic rings. The Balaban J connectivity index is 1.33. The number of esters is 1. The maximum absolute atomic E-state index is 14.6. The van der Waals surface area contributed by atoms with Crippen molar-refractivity contribution in [3.63, 3.8) is 0 Å². The number of nitrogens with zero attached hydrogens (tertiary/aromatic N) is 1. The lowest BCUT2D eigenvalue weighted by molar-refractivity contribution is -0.384. The summed E-state index contributed by atoms with van der Waals surface area (Å²) >= 11 is 0. The van der Waals surface area contributed by atoms with Crippen LogP contribution in [0.15, 0.2) is 78.9 Å². The number of nitro benzene ring substituents is 1. The Hall–Kier alpha value is -6.11. The first-order chi connectivity index (χ1) is 29.6. The molecule has 0 bridgehead atoms. The molecule has 0 aliphatic heterocycles. The molecular formula is C49H61N5O8. The lowest BCUT2D eigenvalue weighted by atomic mass is 9.83. The van der Waals surface area contributed by atoms with Gasteiger partial charge in [0.15, 0.2) is 0 Å². The smallest absolute Gasteiger partial charge is 0.332 e. The van der Waals surface area contributed by atoms with Crippen molar-refractivity contribution in [3.05, 3.63) is 100 Å². The highest BCUT2D eigenvalue weighted by Gasteiger charge is 2.49. The van der Waals surface area contributed by atoms with Crippen molar-refractivity contribution in [3.8, 4) is 0 Å². The summed E-state index contributed by atoms with van der Waals surface area (Å²) < 4.78 is 5.64. The molecule has 62 heavy (non-hydrogen) atoms. The van der Waals surface area contributed by atoms with E-state index >= 15 is 0 Å². The van der Waals surface area contributed by atoms with Gasteiger partial charge in [0.2, 0.25) is 23.6 Å². The maximum Gasteiger partial charge on any atom is 0.332 e. The number of nitrogens with one attached hydrogen (secondary N) is 4. The minimum absolute atomic E-state index is 0.0443. The maximum atomic E-state index is 14.6. The third kappa shape index (κ3) is 8.94. The second-order valence-corrected chi connectivity index (χ2v) is 16.3. The van der Waals surface area contributed by atoms with Crippen molar-refractivity contribution in [2.24, 2.45) is 0 Å². The van der Waals surface area contributed by atoms with Gasteiger partial charge in [0.1, 0.15) is 28.8 Å². The molecule has 13 nitrogen and oxygen atoms in total. The predicted octanol–water partition coefficient (Wildman–Crippen LogP) is 8.48. The molecule has 5 aromatic carbocycles. The molecule has 0 spiro atoms. The molecule has 0 saturated carbocycles. The second-order valence-electron chi connectivity index (χ2n) is 16.3. The van der Waals surface area contributed by atoms with E-state index in [1.165, 1.54) is 24.3 Å². The van der Waals surface area contributed by atoms with Crippen LogP contribution < -0.4 is 21.3 Å². The number of carbonyl (C=O) groups is 5. The first-order valence-electron chi connectivity index (χ1n) is 21.9. The summed E-state index contributed by atoms with van der Waals surface area (Å²) in [7, 11) is 0. The summed E-state index contributed by atoms with van der Waals surface area (Å²) in [6.45, 7) is 14.1. The molecule has 0 unspecified atom stereocenters. The molecule has 13 heteroatoms. The van der Waals surface area contributed by atoms with Crippen molar-refractivity contribution in [2.45, 2.75) is 142 Å². The number of benzene rings is 5. The second kappa shape index (κ2) is 19.3. The number of non-ortho nitro benzene ring substituents is 1. The van der Waals surface area contributed by atoms with E-state index < -0.39 is 50.8 Å². The Bertz CT molecular complexity index is 2410. The van der Waals surface area contributed by atoms with Crippen LogP contribution in [-0.2, 0) is 41.7 Å². The van der Waals surface area contributed by atoms with Crippen molar-refractivity contribution in [1.82, 2.24) is 21.3 Å². The molecule has 330 valence electrons. The normalized spacial score (nSPS) is 12.3. The molecule has 0 aliphatic carbocycles. The Morgan fingerprint density at radius 1 is 0.532 bits per heavy atom. The molecule has 5 rings (SSSR count). The van der Waals surface area contributed by atoms with Crippen LogP contribution in [0, 0.1) is 10.1 Å². The van der Waals surface area contributed by atoms with E-state index in [0.29, 0.717) is 5.56 Å². The van der Waals surface area contributed by atoms with E-state index in [0.717, 1.165) is 37.9 Å². The molecule has 0 radical (unpaired) electrons. The zero-order valence-corrected chi connectivity index (χ0v) is 37.3. The minimum atomic E-state index is -1.47. The zero-order chi connectivity index (χ0) is 45.5. The lowest BCUT2D eigenvalue weighted by Crippen LogP contribution is -2.70. The topological polar surface area (TPSA) is 186 Å². The molecule has 0 atom stereocenters. The molecule has 4 amide bonds. The van der Waals surface area contributed by atoms with Crippen LogP contribution in [0.25, 0.3) is 32.3 Å². The minimum Gasteiger partial charge on any atom is -0.459 e. The van der Waals surface area contributed by atoms with Gasteiger partial charge in [-0.2, -0.15) is 0 Å². The Kier molecular flexibility index (Phi) is 14.6. The van der Waals surface area contributed by atoms with E-state index in [2.05, 4.69) is 57.7 Å². The summed E-state index contributed by atoms with van der Waals surface area (Å²) in [5.74, 6) is -2.64. The fourth-order valence-corrected chi connectivity index (χ4v) is 8.63. The fourth-order valence-electron chi connectivity index (χ4n) is 8.63. The van der Waals surface area contributed by atoms with Crippen LogP contribution >= 0.6 is 0 Å². The summed E-state index contributed by atoms with van der Waals surface area (Å²) in [6.07, 6.45) is 1.67. The highest BCUT2D eigenvalue weighted by Crippen LogP contribution is 2.36. The predicted molar refractivity (Wildman–Crippen MR) is 243 cm³/mol. The van der Waals surface area contributed by atoms with E-state index in [1.807, 2.05) is 32.0 Å². The average Bonchev–Trinajstić information content (AvgIpc) is 3.29. The van der Waals surface area contributed by atoms with E-state index in [4.69, 9.17) is 4.74 Å². The molecule has 0 heterocycles. The van der Waals surface area contributed by atoms with E-state index in [9.17, 15) is 34.1 Å². The van der Waals surface area contributed by atoms with Gasteiger partial charge in [-0.3, -0.25) is 29.3 Å². The van der Waals surface area contributed by atoms with Crippen molar-refractivity contribution in [1.29, 1.82) is 0 Å². The fraction of sp³-hybridized carbons (Fsp3) is 0.449. The Morgan fingerprint density at radius 3 is 1.42 bits per heavy atom. The van der Waals surface area contributed by atoms with Gasteiger partial charge in [-0.15, -0.1) is 0 Å². The van der Waals surface area contributed by atoms with Crippen molar-refractivity contribution < 1.29 is 33.6 Å². The van der Waals surface area contributed by atoms with Gasteiger partial charge < -0.3 is 26.0 Å². The third-order valence-corrected chi connectivity index (χ3v) is 13.4. The number of amides is 4. The van der Waals surface area contributed by atoms with Crippen LogP contribution in [0.5, 0.6) is 0 Å². The zero-order valence-electron chi connectivity index (χ0n) is 37.3.